The molecule has 106 valence electrons. The molecular formula is C15H21F2NO. The van der Waals surface area contributed by atoms with Crippen LogP contribution in [0.25, 0.3) is 0 Å². The van der Waals surface area contributed by atoms with Gasteiger partial charge in [-0.15, -0.1) is 0 Å². The van der Waals surface area contributed by atoms with Crippen molar-refractivity contribution in [2.45, 2.75) is 51.2 Å². The highest BCUT2D eigenvalue weighted by molar-refractivity contribution is 5.25. The third-order valence-electron chi connectivity index (χ3n) is 3.52. The van der Waals surface area contributed by atoms with Gasteiger partial charge in [-0.25, -0.2) is 8.78 Å². The lowest BCUT2D eigenvalue weighted by atomic mass is 9.95. The van der Waals surface area contributed by atoms with Crippen molar-refractivity contribution in [1.29, 1.82) is 0 Å². The summed E-state index contributed by atoms with van der Waals surface area (Å²) in [6, 6.07) is 3.81. The SMILES string of the molecule is CC(CNC1CCCCC1)Oc1cc(F)ccc1F. The summed E-state index contributed by atoms with van der Waals surface area (Å²) in [5, 5.41) is 3.43. The number of hydrogen-bond acceptors (Lipinski definition) is 2. The van der Waals surface area contributed by atoms with Gasteiger partial charge >= 0.3 is 0 Å². The first-order chi connectivity index (χ1) is 9.15. The predicted octanol–water partition coefficient (Wildman–Crippen LogP) is 3.65. The molecule has 1 unspecified atom stereocenters. The maximum Gasteiger partial charge on any atom is 0.165 e. The fourth-order valence-corrected chi connectivity index (χ4v) is 2.47. The van der Waals surface area contributed by atoms with Crippen LogP contribution in [0.15, 0.2) is 18.2 Å². The van der Waals surface area contributed by atoms with Crippen LogP contribution < -0.4 is 10.1 Å². The Bertz CT molecular complexity index is 405. The van der Waals surface area contributed by atoms with Crippen LogP contribution in [-0.2, 0) is 0 Å². The van der Waals surface area contributed by atoms with Gasteiger partial charge in [-0.2, -0.15) is 0 Å². The van der Waals surface area contributed by atoms with Gasteiger partial charge in [0.1, 0.15) is 11.9 Å². The molecule has 0 aliphatic heterocycles. The van der Waals surface area contributed by atoms with E-state index in [1.807, 2.05) is 6.92 Å². The van der Waals surface area contributed by atoms with Crippen LogP contribution in [0.3, 0.4) is 0 Å². The quantitative estimate of drug-likeness (QED) is 0.881. The summed E-state index contributed by atoms with van der Waals surface area (Å²) in [6.07, 6.45) is 6.07. The Morgan fingerprint density at radius 3 is 2.74 bits per heavy atom. The topological polar surface area (TPSA) is 21.3 Å². The van der Waals surface area contributed by atoms with Gasteiger partial charge in [0, 0.05) is 18.7 Å². The van der Waals surface area contributed by atoms with E-state index in [2.05, 4.69) is 5.32 Å². The summed E-state index contributed by atoms with van der Waals surface area (Å²) < 4.78 is 31.9. The van der Waals surface area contributed by atoms with E-state index in [-0.39, 0.29) is 11.9 Å². The maximum atomic E-state index is 13.4. The molecule has 4 heteroatoms. The van der Waals surface area contributed by atoms with E-state index in [9.17, 15) is 8.78 Å². The van der Waals surface area contributed by atoms with Crippen molar-refractivity contribution in [3.05, 3.63) is 29.8 Å². The van der Waals surface area contributed by atoms with Crippen molar-refractivity contribution in [2.24, 2.45) is 0 Å². The Balaban J connectivity index is 1.80. The fourth-order valence-electron chi connectivity index (χ4n) is 2.47. The molecule has 1 aliphatic rings. The van der Waals surface area contributed by atoms with Gasteiger partial charge in [0.2, 0.25) is 0 Å². The Hall–Kier alpha value is -1.16. The van der Waals surface area contributed by atoms with Gasteiger partial charge < -0.3 is 10.1 Å². The van der Waals surface area contributed by atoms with Gasteiger partial charge in [0.05, 0.1) is 0 Å². The summed E-state index contributed by atoms with van der Waals surface area (Å²) in [5.41, 5.74) is 0. The number of nitrogens with one attached hydrogen (secondary N) is 1. The second-order valence-electron chi connectivity index (χ2n) is 5.25. The molecule has 1 atom stereocenters. The summed E-state index contributed by atoms with van der Waals surface area (Å²) in [5.74, 6) is -1.02. The molecule has 0 amide bonds. The van der Waals surface area contributed by atoms with Crippen molar-refractivity contribution >= 4 is 0 Å². The molecule has 1 aromatic carbocycles. The fraction of sp³-hybridized carbons (Fsp3) is 0.600. The summed E-state index contributed by atoms with van der Waals surface area (Å²) in [7, 11) is 0. The van der Waals surface area contributed by atoms with Crippen LogP contribution in [0.5, 0.6) is 5.75 Å². The zero-order valence-electron chi connectivity index (χ0n) is 11.3. The molecule has 1 aromatic rings. The van der Waals surface area contributed by atoms with Crippen LogP contribution in [0.1, 0.15) is 39.0 Å². The normalized spacial score (nSPS) is 18.3. The minimum absolute atomic E-state index is 0.0158. The summed E-state index contributed by atoms with van der Waals surface area (Å²) in [4.78, 5) is 0. The molecule has 0 spiro atoms. The standard InChI is InChI=1S/C15H21F2NO/c1-11(10-18-13-5-3-2-4-6-13)19-15-9-12(16)7-8-14(15)17/h7-9,11,13,18H,2-6,10H2,1H3. The Morgan fingerprint density at radius 1 is 1.26 bits per heavy atom. The number of hydrogen-bond donors (Lipinski definition) is 1. The van der Waals surface area contributed by atoms with Gasteiger partial charge in [0.15, 0.2) is 11.6 Å². The zero-order chi connectivity index (χ0) is 13.7. The highest BCUT2D eigenvalue weighted by Gasteiger charge is 2.15. The average molecular weight is 269 g/mol. The number of rotatable bonds is 5. The second-order valence-corrected chi connectivity index (χ2v) is 5.25. The number of ether oxygens (including phenoxy) is 1. The van der Waals surface area contributed by atoms with Crippen molar-refractivity contribution in [1.82, 2.24) is 5.32 Å². The third kappa shape index (κ3) is 4.46. The molecule has 2 rings (SSSR count). The van der Waals surface area contributed by atoms with E-state index in [1.165, 1.54) is 32.1 Å². The summed E-state index contributed by atoms with van der Waals surface area (Å²) >= 11 is 0. The van der Waals surface area contributed by atoms with Crippen LogP contribution in [0.2, 0.25) is 0 Å². The molecule has 1 saturated carbocycles. The van der Waals surface area contributed by atoms with Gasteiger partial charge in [-0.1, -0.05) is 19.3 Å². The first kappa shape index (κ1) is 14.3. The second kappa shape index (κ2) is 6.85. The van der Waals surface area contributed by atoms with Crippen molar-refractivity contribution < 1.29 is 13.5 Å². The van der Waals surface area contributed by atoms with E-state index >= 15 is 0 Å². The van der Waals surface area contributed by atoms with Crippen LogP contribution in [0, 0.1) is 11.6 Å². The van der Waals surface area contributed by atoms with E-state index in [0.717, 1.165) is 18.2 Å². The third-order valence-corrected chi connectivity index (χ3v) is 3.52. The average Bonchev–Trinajstić information content (AvgIpc) is 2.42. The van der Waals surface area contributed by atoms with E-state index in [0.29, 0.717) is 12.6 Å². The molecule has 19 heavy (non-hydrogen) atoms. The number of halogens is 2. The lowest BCUT2D eigenvalue weighted by Crippen LogP contribution is -2.37. The lowest BCUT2D eigenvalue weighted by Gasteiger charge is -2.25. The van der Waals surface area contributed by atoms with Gasteiger partial charge in [-0.05, 0) is 31.9 Å². The molecule has 1 fully saturated rings. The molecule has 1 aliphatic carbocycles. The smallest absolute Gasteiger partial charge is 0.165 e. The van der Waals surface area contributed by atoms with E-state index in [4.69, 9.17) is 4.74 Å². The zero-order valence-corrected chi connectivity index (χ0v) is 11.3. The maximum absolute atomic E-state index is 13.4. The first-order valence-corrected chi connectivity index (χ1v) is 7.00. The minimum atomic E-state index is -0.522. The largest absolute Gasteiger partial charge is 0.486 e. The predicted molar refractivity (Wildman–Crippen MR) is 71.3 cm³/mol. The van der Waals surface area contributed by atoms with Crippen LogP contribution in [0.4, 0.5) is 8.78 Å². The Labute approximate surface area is 113 Å². The summed E-state index contributed by atoms with van der Waals surface area (Å²) in [6.45, 7) is 2.51. The monoisotopic (exact) mass is 269 g/mol. The van der Waals surface area contributed by atoms with Crippen molar-refractivity contribution in [3.8, 4) is 5.75 Å². The number of benzene rings is 1. The van der Waals surface area contributed by atoms with Crippen molar-refractivity contribution in [2.75, 3.05) is 6.54 Å². The molecule has 0 aromatic heterocycles. The first-order valence-electron chi connectivity index (χ1n) is 7.00. The van der Waals surface area contributed by atoms with Gasteiger partial charge in [-0.3, -0.25) is 0 Å². The van der Waals surface area contributed by atoms with Crippen LogP contribution in [-0.4, -0.2) is 18.7 Å². The molecule has 0 radical (unpaired) electrons. The van der Waals surface area contributed by atoms with E-state index < -0.39 is 11.6 Å². The Kier molecular flexibility index (Phi) is 5.14. The van der Waals surface area contributed by atoms with Crippen LogP contribution >= 0.6 is 0 Å². The highest BCUT2D eigenvalue weighted by Crippen LogP contribution is 2.20. The molecule has 0 bridgehead atoms. The molecule has 0 heterocycles. The van der Waals surface area contributed by atoms with Gasteiger partial charge in [0.25, 0.3) is 0 Å². The molecule has 0 saturated heterocycles. The minimum Gasteiger partial charge on any atom is -0.486 e. The molecule has 2 nitrogen and oxygen atoms in total. The lowest BCUT2D eigenvalue weighted by molar-refractivity contribution is 0.196. The highest BCUT2D eigenvalue weighted by atomic mass is 19.1. The molecule has 1 N–H and O–H groups in total. The molecular weight excluding hydrogens is 248 g/mol. The van der Waals surface area contributed by atoms with Crippen molar-refractivity contribution in [3.63, 3.8) is 0 Å². The van der Waals surface area contributed by atoms with E-state index in [1.54, 1.807) is 0 Å². The Morgan fingerprint density at radius 2 is 2.00 bits per heavy atom.